The number of carbonyl (C=O) groups excluding carboxylic acids is 1. The zero-order valence-corrected chi connectivity index (χ0v) is 12.2. The van der Waals surface area contributed by atoms with Crippen LogP contribution in [-0.2, 0) is 9.53 Å². The van der Waals surface area contributed by atoms with Gasteiger partial charge in [-0.05, 0) is 25.7 Å². The quantitative estimate of drug-likeness (QED) is 0.658. The molecule has 1 fully saturated rings. The molecule has 1 aliphatic carbocycles. The van der Waals surface area contributed by atoms with Crippen molar-refractivity contribution in [1.29, 1.82) is 0 Å². The number of hydrogen-bond donors (Lipinski definition) is 0. The smallest absolute Gasteiger partial charge is 0.302 e. The first-order valence-corrected chi connectivity index (χ1v) is 7.87. The van der Waals surface area contributed by atoms with Gasteiger partial charge in [-0.25, -0.2) is 0 Å². The summed E-state index contributed by atoms with van der Waals surface area (Å²) in [6.07, 6.45) is 14.9. The molecule has 0 aliphatic heterocycles. The first-order valence-electron chi connectivity index (χ1n) is 7.87. The first-order chi connectivity index (χ1) is 8.70. The van der Waals surface area contributed by atoms with Gasteiger partial charge in [0, 0.05) is 6.92 Å². The molecule has 1 aliphatic rings. The molecular formula is C16H30O2. The molecule has 0 radical (unpaired) electrons. The molecule has 1 saturated carbocycles. The van der Waals surface area contributed by atoms with Gasteiger partial charge in [-0.2, -0.15) is 0 Å². The molecule has 1 rings (SSSR count). The summed E-state index contributed by atoms with van der Waals surface area (Å²) in [6, 6.07) is 0. The highest BCUT2D eigenvalue weighted by molar-refractivity contribution is 5.66. The molecule has 0 aromatic rings. The van der Waals surface area contributed by atoms with Crippen LogP contribution in [-0.4, -0.2) is 12.1 Å². The number of ether oxygens (including phenoxy) is 1. The van der Waals surface area contributed by atoms with Gasteiger partial charge in [-0.3, -0.25) is 4.79 Å². The molecule has 0 saturated heterocycles. The molecule has 2 heteroatoms. The van der Waals surface area contributed by atoms with Crippen molar-refractivity contribution in [3.63, 3.8) is 0 Å². The van der Waals surface area contributed by atoms with Gasteiger partial charge < -0.3 is 4.74 Å². The molecule has 0 bridgehead atoms. The standard InChI is InChI=1S/C16H30O2/c1-14(18-15(2)17)16-12-10-8-6-4-3-5-7-9-11-13-16/h14,16H,3-13H2,1-2H3/t14-/m1/s1. The molecule has 1 atom stereocenters. The van der Waals surface area contributed by atoms with E-state index in [2.05, 4.69) is 6.92 Å². The molecule has 0 aromatic heterocycles. The van der Waals surface area contributed by atoms with Crippen molar-refractivity contribution in [1.82, 2.24) is 0 Å². The van der Waals surface area contributed by atoms with E-state index < -0.39 is 0 Å². The highest BCUT2D eigenvalue weighted by Gasteiger charge is 2.19. The molecule has 0 aromatic carbocycles. The maximum Gasteiger partial charge on any atom is 0.302 e. The van der Waals surface area contributed by atoms with Crippen LogP contribution in [0, 0.1) is 5.92 Å². The first kappa shape index (κ1) is 15.5. The van der Waals surface area contributed by atoms with Gasteiger partial charge in [0.1, 0.15) is 6.10 Å². The van der Waals surface area contributed by atoms with Gasteiger partial charge in [0.05, 0.1) is 0 Å². The lowest BCUT2D eigenvalue weighted by molar-refractivity contribution is -0.148. The van der Waals surface area contributed by atoms with Crippen LogP contribution in [0.25, 0.3) is 0 Å². The van der Waals surface area contributed by atoms with E-state index in [0.717, 1.165) is 0 Å². The Morgan fingerprint density at radius 1 is 0.889 bits per heavy atom. The Hall–Kier alpha value is -0.530. The van der Waals surface area contributed by atoms with Gasteiger partial charge in [-0.15, -0.1) is 0 Å². The third-order valence-electron chi connectivity index (χ3n) is 4.17. The van der Waals surface area contributed by atoms with Gasteiger partial charge in [0.2, 0.25) is 0 Å². The van der Waals surface area contributed by atoms with E-state index in [1.807, 2.05) is 0 Å². The molecular weight excluding hydrogens is 224 g/mol. The minimum atomic E-state index is -0.131. The summed E-state index contributed by atoms with van der Waals surface area (Å²) < 4.78 is 5.38. The van der Waals surface area contributed by atoms with E-state index in [4.69, 9.17) is 4.74 Å². The maximum absolute atomic E-state index is 11.1. The molecule has 0 unspecified atom stereocenters. The average molecular weight is 254 g/mol. The Kier molecular flexibility index (Phi) is 8.11. The van der Waals surface area contributed by atoms with Gasteiger partial charge >= 0.3 is 5.97 Å². The molecule has 2 nitrogen and oxygen atoms in total. The molecule has 0 spiro atoms. The Morgan fingerprint density at radius 3 is 1.67 bits per heavy atom. The number of hydrogen-bond acceptors (Lipinski definition) is 2. The lowest BCUT2D eigenvalue weighted by Gasteiger charge is -2.24. The lowest BCUT2D eigenvalue weighted by Crippen LogP contribution is -2.23. The predicted octanol–water partition coefficient (Wildman–Crippen LogP) is 4.86. The van der Waals surface area contributed by atoms with E-state index >= 15 is 0 Å². The Morgan fingerprint density at radius 2 is 1.28 bits per heavy atom. The van der Waals surface area contributed by atoms with Crippen LogP contribution >= 0.6 is 0 Å². The van der Waals surface area contributed by atoms with Crippen molar-refractivity contribution in [2.75, 3.05) is 0 Å². The molecule has 18 heavy (non-hydrogen) atoms. The van der Waals surface area contributed by atoms with Crippen LogP contribution < -0.4 is 0 Å². The van der Waals surface area contributed by atoms with Crippen molar-refractivity contribution >= 4 is 5.97 Å². The fourth-order valence-corrected chi connectivity index (χ4v) is 3.02. The van der Waals surface area contributed by atoms with Crippen molar-refractivity contribution in [3.05, 3.63) is 0 Å². The fourth-order valence-electron chi connectivity index (χ4n) is 3.02. The molecule has 0 amide bonds. The average Bonchev–Trinajstić information content (AvgIpc) is 2.28. The van der Waals surface area contributed by atoms with Crippen LogP contribution in [0.15, 0.2) is 0 Å². The van der Waals surface area contributed by atoms with E-state index in [1.165, 1.54) is 77.6 Å². The SMILES string of the molecule is CC(=O)O[C@H](C)C1CCCCCCCCCCC1. The van der Waals surface area contributed by atoms with Gasteiger partial charge in [-0.1, -0.05) is 57.8 Å². The second kappa shape index (κ2) is 9.41. The minimum Gasteiger partial charge on any atom is -0.463 e. The summed E-state index contributed by atoms with van der Waals surface area (Å²) in [7, 11) is 0. The lowest BCUT2D eigenvalue weighted by atomic mass is 9.89. The van der Waals surface area contributed by atoms with Crippen LogP contribution in [0.4, 0.5) is 0 Å². The minimum absolute atomic E-state index is 0.102. The van der Waals surface area contributed by atoms with E-state index in [9.17, 15) is 4.79 Å². The summed E-state index contributed by atoms with van der Waals surface area (Å²) in [5, 5.41) is 0. The van der Waals surface area contributed by atoms with Crippen molar-refractivity contribution in [2.24, 2.45) is 5.92 Å². The Labute approximate surface area is 112 Å². The second-order valence-corrected chi connectivity index (χ2v) is 5.83. The molecule has 0 N–H and O–H groups in total. The van der Waals surface area contributed by atoms with Gasteiger partial charge in [0.15, 0.2) is 0 Å². The molecule has 0 heterocycles. The van der Waals surface area contributed by atoms with Crippen molar-refractivity contribution in [3.8, 4) is 0 Å². The zero-order chi connectivity index (χ0) is 13.2. The van der Waals surface area contributed by atoms with Crippen LogP contribution in [0.2, 0.25) is 0 Å². The number of carbonyl (C=O) groups is 1. The summed E-state index contributed by atoms with van der Waals surface area (Å²) in [6.45, 7) is 3.59. The summed E-state index contributed by atoms with van der Waals surface area (Å²) in [5.41, 5.74) is 0. The van der Waals surface area contributed by atoms with E-state index in [1.54, 1.807) is 0 Å². The van der Waals surface area contributed by atoms with Crippen molar-refractivity contribution in [2.45, 2.75) is 90.6 Å². The third-order valence-corrected chi connectivity index (χ3v) is 4.17. The topological polar surface area (TPSA) is 26.3 Å². The van der Waals surface area contributed by atoms with Crippen molar-refractivity contribution < 1.29 is 9.53 Å². The number of esters is 1. The van der Waals surface area contributed by atoms with Crippen LogP contribution in [0.1, 0.15) is 84.5 Å². The normalized spacial score (nSPS) is 22.6. The van der Waals surface area contributed by atoms with Crippen LogP contribution in [0.3, 0.4) is 0 Å². The summed E-state index contributed by atoms with van der Waals surface area (Å²) >= 11 is 0. The highest BCUT2D eigenvalue weighted by atomic mass is 16.5. The van der Waals surface area contributed by atoms with Gasteiger partial charge in [0.25, 0.3) is 0 Å². The second-order valence-electron chi connectivity index (χ2n) is 5.83. The monoisotopic (exact) mass is 254 g/mol. The Balaban J connectivity index is 2.37. The third kappa shape index (κ3) is 7.03. The number of rotatable bonds is 2. The van der Waals surface area contributed by atoms with Crippen LogP contribution in [0.5, 0.6) is 0 Å². The Bertz CT molecular complexity index is 213. The molecule has 106 valence electrons. The van der Waals surface area contributed by atoms with E-state index in [0.29, 0.717) is 5.92 Å². The van der Waals surface area contributed by atoms with E-state index in [-0.39, 0.29) is 12.1 Å². The predicted molar refractivity (Wildman–Crippen MR) is 75.5 cm³/mol. The zero-order valence-electron chi connectivity index (χ0n) is 12.2. The summed E-state index contributed by atoms with van der Waals surface area (Å²) in [5.74, 6) is 0.446. The summed E-state index contributed by atoms with van der Waals surface area (Å²) in [4.78, 5) is 11.1. The highest BCUT2D eigenvalue weighted by Crippen LogP contribution is 2.25. The fraction of sp³-hybridized carbons (Fsp3) is 0.938. The maximum atomic E-state index is 11.1. The largest absolute Gasteiger partial charge is 0.463 e.